The zero-order valence-electron chi connectivity index (χ0n) is 9.51. The van der Waals surface area contributed by atoms with Gasteiger partial charge in [-0.25, -0.2) is 0 Å². The van der Waals surface area contributed by atoms with Crippen molar-refractivity contribution in [1.82, 2.24) is 0 Å². The molecule has 1 aromatic rings. The van der Waals surface area contributed by atoms with Crippen LogP contribution in [0.25, 0.3) is 0 Å². The van der Waals surface area contributed by atoms with Crippen LogP contribution in [-0.2, 0) is 15.1 Å². The van der Waals surface area contributed by atoms with Gasteiger partial charge in [-0.05, 0) is 12.0 Å². The van der Waals surface area contributed by atoms with Crippen LogP contribution in [0.1, 0.15) is 18.9 Å². The molecule has 1 aliphatic rings. The molecule has 0 bridgehead atoms. The Morgan fingerprint density at radius 1 is 1.44 bits per heavy atom. The Labute approximate surface area is 95.0 Å². The Morgan fingerprint density at radius 2 is 2.06 bits per heavy atom. The highest BCUT2D eigenvalue weighted by atomic mass is 16.5. The van der Waals surface area contributed by atoms with E-state index < -0.39 is 5.60 Å². The molecule has 0 amide bonds. The lowest BCUT2D eigenvalue weighted by molar-refractivity contribution is -0.180. The van der Waals surface area contributed by atoms with Gasteiger partial charge in [0.15, 0.2) is 0 Å². The van der Waals surface area contributed by atoms with Crippen molar-refractivity contribution in [1.29, 1.82) is 0 Å². The summed E-state index contributed by atoms with van der Waals surface area (Å²) in [5.74, 6) is -0.509. The summed E-state index contributed by atoms with van der Waals surface area (Å²) >= 11 is 0. The molecule has 86 valence electrons. The molecule has 0 radical (unpaired) electrons. The van der Waals surface area contributed by atoms with E-state index in [-0.39, 0.29) is 17.8 Å². The van der Waals surface area contributed by atoms with E-state index in [1.807, 2.05) is 37.3 Å². The van der Waals surface area contributed by atoms with E-state index in [0.29, 0.717) is 6.42 Å². The van der Waals surface area contributed by atoms with Crippen LogP contribution in [0.5, 0.6) is 0 Å². The van der Waals surface area contributed by atoms with Gasteiger partial charge in [-0.1, -0.05) is 37.3 Å². The van der Waals surface area contributed by atoms with Gasteiger partial charge >= 0.3 is 5.97 Å². The zero-order valence-corrected chi connectivity index (χ0v) is 9.51. The van der Waals surface area contributed by atoms with E-state index in [9.17, 15) is 9.90 Å². The molecule has 0 spiro atoms. The van der Waals surface area contributed by atoms with Crippen molar-refractivity contribution in [2.75, 3.05) is 7.11 Å². The molecule has 16 heavy (non-hydrogen) atoms. The van der Waals surface area contributed by atoms with E-state index in [1.165, 1.54) is 7.11 Å². The Hall–Kier alpha value is -1.35. The van der Waals surface area contributed by atoms with Gasteiger partial charge < -0.3 is 9.84 Å². The lowest BCUT2D eigenvalue weighted by atomic mass is 9.59. The van der Waals surface area contributed by atoms with Crippen molar-refractivity contribution < 1.29 is 14.6 Å². The van der Waals surface area contributed by atoms with Crippen molar-refractivity contribution in [3.05, 3.63) is 35.9 Å². The number of carbonyl (C=O) groups is 1. The van der Waals surface area contributed by atoms with Crippen LogP contribution in [0.15, 0.2) is 30.3 Å². The molecule has 0 saturated heterocycles. The monoisotopic (exact) mass is 220 g/mol. The summed E-state index contributed by atoms with van der Waals surface area (Å²) < 4.78 is 4.70. The molecule has 0 heterocycles. The normalized spacial score (nSPS) is 32.9. The van der Waals surface area contributed by atoms with Gasteiger partial charge in [-0.2, -0.15) is 0 Å². The maximum absolute atomic E-state index is 11.4. The second-order valence-corrected chi connectivity index (χ2v) is 4.41. The number of hydrogen-bond acceptors (Lipinski definition) is 3. The smallest absolute Gasteiger partial charge is 0.309 e. The molecule has 1 fully saturated rings. The maximum Gasteiger partial charge on any atom is 0.309 e. The van der Waals surface area contributed by atoms with Crippen molar-refractivity contribution in [2.45, 2.75) is 18.9 Å². The maximum atomic E-state index is 11.4. The molecular formula is C13H16O3. The minimum atomic E-state index is -0.875. The predicted octanol–water partition coefficient (Wildman–Crippen LogP) is 1.70. The third-order valence-corrected chi connectivity index (χ3v) is 3.67. The van der Waals surface area contributed by atoms with Crippen molar-refractivity contribution in [3.8, 4) is 0 Å². The summed E-state index contributed by atoms with van der Waals surface area (Å²) in [6.45, 7) is 1.89. The molecular weight excluding hydrogens is 204 g/mol. The van der Waals surface area contributed by atoms with E-state index in [0.717, 1.165) is 5.56 Å². The second-order valence-electron chi connectivity index (χ2n) is 4.41. The minimum Gasteiger partial charge on any atom is -0.469 e. The van der Waals surface area contributed by atoms with Gasteiger partial charge in [-0.3, -0.25) is 4.79 Å². The summed E-state index contributed by atoms with van der Waals surface area (Å²) in [6.07, 6.45) is 0.449. The first-order valence-electron chi connectivity index (χ1n) is 5.45. The van der Waals surface area contributed by atoms with Gasteiger partial charge in [0.25, 0.3) is 0 Å². The fourth-order valence-electron chi connectivity index (χ4n) is 2.42. The van der Waals surface area contributed by atoms with Crippen LogP contribution in [0.3, 0.4) is 0 Å². The first-order valence-corrected chi connectivity index (χ1v) is 5.45. The van der Waals surface area contributed by atoms with Crippen molar-refractivity contribution >= 4 is 5.97 Å². The quantitative estimate of drug-likeness (QED) is 0.772. The Morgan fingerprint density at radius 3 is 2.56 bits per heavy atom. The third-order valence-electron chi connectivity index (χ3n) is 3.67. The SMILES string of the molecule is COC(=O)[C@@H]1C[C@@](O)(c2ccccc2)[C@H]1C. The molecule has 3 nitrogen and oxygen atoms in total. The lowest BCUT2D eigenvalue weighted by Gasteiger charge is -2.49. The summed E-state index contributed by atoms with van der Waals surface area (Å²) in [7, 11) is 1.38. The Kier molecular flexibility index (Phi) is 2.72. The molecule has 3 atom stereocenters. The molecule has 1 N–H and O–H groups in total. The van der Waals surface area contributed by atoms with E-state index >= 15 is 0 Å². The Bertz CT molecular complexity index is 387. The van der Waals surface area contributed by atoms with Crippen LogP contribution in [0.2, 0.25) is 0 Å². The van der Waals surface area contributed by atoms with Gasteiger partial charge in [0, 0.05) is 5.92 Å². The number of methoxy groups -OCH3 is 1. The highest BCUT2D eigenvalue weighted by Crippen LogP contribution is 2.50. The largest absolute Gasteiger partial charge is 0.469 e. The van der Waals surface area contributed by atoms with Crippen molar-refractivity contribution in [2.24, 2.45) is 11.8 Å². The van der Waals surface area contributed by atoms with Gasteiger partial charge in [0.1, 0.15) is 0 Å². The average molecular weight is 220 g/mol. The van der Waals surface area contributed by atoms with Gasteiger partial charge in [0.2, 0.25) is 0 Å². The second kappa shape index (κ2) is 3.91. The first-order chi connectivity index (χ1) is 7.59. The fourth-order valence-corrected chi connectivity index (χ4v) is 2.42. The fraction of sp³-hybridized carbons (Fsp3) is 0.462. The Balaban J connectivity index is 2.17. The number of hydrogen-bond donors (Lipinski definition) is 1. The van der Waals surface area contributed by atoms with Crippen LogP contribution in [0.4, 0.5) is 0 Å². The molecule has 3 heteroatoms. The molecule has 0 unspecified atom stereocenters. The molecule has 0 aliphatic heterocycles. The first kappa shape index (κ1) is 11.1. The summed E-state index contributed by atoms with van der Waals surface area (Å²) in [5, 5.41) is 10.5. The topological polar surface area (TPSA) is 46.5 Å². The van der Waals surface area contributed by atoms with Crippen LogP contribution >= 0.6 is 0 Å². The molecule has 1 saturated carbocycles. The zero-order chi connectivity index (χ0) is 11.8. The number of aliphatic hydroxyl groups is 1. The van der Waals surface area contributed by atoms with Crippen LogP contribution < -0.4 is 0 Å². The number of benzene rings is 1. The van der Waals surface area contributed by atoms with Crippen LogP contribution in [0, 0.1) is 11.8 Å². The summed E-state index contributed by atoms with van der Waals surface area (Å²) in [5.41, 5.74) is 0.00257. The molecule has 1 aromatic carbocycles. The molecule has 0 aromatic heterocycles. The lowest BCUT2D eigenvalue weighted by Crippen LogP contribution is -2.53. The standard InChI is InChI=1S/C13H16O3/c1-9-11(12(14)16-2)8-13(9,15)10-6-4-3-5-7-10/h3-7,9,11,15H,8H2,1-2H3/t9-,11+,13-/m0/s1. The van der Waals surface area contributed by atoms with Gasteiger partial charge in [-0.15, -0.1) is 0 Å². The number of rotatable bonds is 2. The van der Waals surface area contributed by atoms with Crippen molar-refractivity contribution in [3.63, 3.8) is 0 Å². The average Bonchev–Trinajstić information content (AvgIpc) is 2.35. The highest BCUT2D eigenvalue weighted by molar-refractivity contribution is 5.74. The number of carbonyl (C=O) groups excluding carboxylic acids is 1. The number of esters is 1. The van der Waals surface area contributed by atoms with E-state index in [4.69, 9.17) is 4.74 Å². The van der Waals surface area contributed by atoms with E-state index in [1.54, 1.807) is 0 Å². The summed E-state index contributed by atoms with van der Waals surface area (Å²) in [4.78, 5) is 11.4. The number of ether oxygens (including phenoxy) is 1. The third kappa shape index (κ3) is 1.52. The predicted molar refractivity (Wildman–Crippen MR) is 59.6 cm³/mol. The summed E-state index contributed by atoms with van der Waals surface area (Å²) in [6, 6.07) is 9.49. The molecule has 1 aliphatic carbocycles. The minimum absolute atomic E-state index is 0.0950. The van der Waals surface area contributed by atoms with E-state index in [2.05, 4.69) is 0 Å². The van der Waals surface area contributed by atoms with Crippen LogP contribution in [-0.4, -0.2) is 18.2 Å². The molecule has 2 rings (SSSR count). The highest BCUT2D eigenvalue weighted by Gasteiger charge is 2.54. The van der Waals surface area contributed by atoms with Gasteiger partial charge in [0.05, 0.1) is 18.6 Å².